The van der Waals surface area contributed by atoms with E-state index in [0.717, 1.165) is 0 Å². The molecule has 0 aliphatic carbocycles. The van der Waals surface area contributed by atoms with Crippen LogP contribution in [0.15, 0.2) is 0 Å². The fourth-order valence-electron chi connectivity index (χ4n) is 2.96. The third kappa shape index (κ3) is 7.47. The minimum atomic E-state index is -4.40. The van der Waals surface area contributed by atoms with Crippen molar-refractivity contribution < 1.29 is 44.1 Å². The summed E-state index contributed by atoms with van der Waals surface area (Å²) in [5.74, 6) is -1.12. The second kappa shape index (κ2) is 9.20. The smallest absolute Gasteiger partial charge is 0.748 e. The Hall–Kier alpha value is 0.634. The monoisotopic (exact) mass is 366 g/mol. The Morgan fingerprint density at radius 1 is 0.864 bits per heavy atom. The minimum Gasteiger partial charge on any atom is -0.748 e. The van der Waals surface area contributed by atoms with Crippen molar-refractivity contribution in [3.63, 3.8) is 0 Å². The van der Waals surface area contributed by atoms with Crippen molar-refractivity contribution in [2.45, 2.75) is 64.6 Å². The molecule has 0 aromatic rings. The Morgan fingerprint density at radius 3 is 1.50 bits per heavy atom. The predicted molar refractivity (Wildman–Crippen MR) is 85.1 cm³/mol. The maximum absolute atomic E-state index is 12.2. The van der Waals surface area contributed by atoms with Gasteiger partial charge in [0.05, 0.1) is 15.9 Å². The summed E-state index contributed by atoms with van der Waals surface area (Å²) in [4.78, 5) is 0. The predicted octanol–water partition coefficient (Wildman–Crippen LogP) is -0.552. The van der Waals surface area contributed by atoms with Crippen LogP contribution in [-0.4, -0.2) is 41.2 Å². The molecule has 0 radical (unpaired) electrons. The van der Waals surface area contributed by atoms with Crippen LogP contribution >= 0.6 is 0 Å². The zero-order chi connectivity index (χ0) is 17.1. The normalized spacial score (nSPS) is 13.7. The average Bonchev–Trinajstić information content (AvgIpc) is 2.22. The molecule has 0 atom stereocenters. The van der Waals surface area contributed by atoms with Crippen LogP contribution < -0.4 is 18.9 Å². The van der Waals surface area contributed by atoms with Gasteiger partial charge in [-0.15, -0.1) is 0 Å². The fraction of sp³-hybridized carbons (Fsp3) is 1.00. The van der Waals surface area contributed by atoms with Crippen molar-refractivity contribution in [1.29, 1.82) is 0 Å². The first-order valence-electron chi connectivity index (χ1n) is 7.11. The number of hydrogen-bond acceptors (Lipinski definition) is 6. The van der Waals surface area contributed by atoms with Gasteiger partial charge in [-0.1, -0.05) is 41.5 Å². The first kappa shape index (κ1) is 24.9. The van der Waals surface area contributed by atoms with Crippen LogP contribution in [0.4, 0.5) is 0 Å². The Kier molecular flexibility index (Phi) is 10.4. The molecule has 0 amide bonds. The molecule has 0 spiro atoms. The molecule has 0 aliphatic heterocycles. The molecule has 0 saturated carbocycles. The van der Waals surface area contributed by atoms with Gasteiger partial charge in [-0.3, -0.25) is 0 Å². The number of hydrogen-bond donors (Lipinski definition) is 0. The molecule has 22 heavy (non-hydrogen) atoms. The number of rotatable bonds is 9. The van der Waals surface area contributed by atoms with Gasteiger partial charge in [-0.2, -0.15) is 0 Å². The van der Waals surface area contributed by atoms with Crippen molar-refractivity contribution in [2.75, 3.05) is 11.5 Å². The van der Waals surface area contributed by atoms with Crippen molar-refractivity contribution in [3.05, 3.63) is 0 Å². The third-order valence-electron chi connectivity index (χ3n) is 3.77. The molecule has 0 aromatic carbocycles. The van der Waals surface area contributed by atoms with Crippen LogP contribution in [0.5, 0.6) is 0 Å². The van der Waals surface area contributed by atoms with E-state index in [-0.39, 0.29) is 41.9 Å². The molecule has 0 saturated heterocycles. The van der Waals surface area contributed by atoms with Gasteiger partial charge in [0.15, 0.2) is 0 Å². The van der Waals surface area contributed by atoms with E-state index in [9.17, 15) is 21.4 Å². The van der Waals surface area contributed by atoms with Gasteiger partial charge in [0.2, 0.25) is 8.32 Å². The van der Waals surface area contributed by atoms with Gasteiger partial charge < -0.3 is 8.42 Å². The Balaban J connectivity index is 0. The molecule has 6 nitrogen and oxygen atoms in total. The summed E-state index contributed by atoms with van der Waals surface area (Å²) in [6, 6.07) is 0. The molecular formula is C12H27LiO6S2Si. The fourth-order valence-corrected chi connectivity index (χ4v) is 12.5. The van der Waals surface area contributed by atoms with Gasteiger partial charge in [-0.25, -0.2) is 16.8 Å². The van der Waals surface area contributed by atoms with Crippen molar-refractivity contribution >= 4 is 28.6 Å². The first-order chi connectivity index (χ1) is 9.24. The Morgan fingerprint density at radius 2 is 1.23 bits per heavy atom. The van der Waals surface area contributed by atoms with Gasteiger partial charge in [0.1, 0.15) is 0 Å². The van der Waals surface area contributed by atoms with Crippen molar-refractivity contribution in [3.8, 4) is 0 Å². The van der Waals surface area contributed by atoms with E-state index < -0.39 is 40.1 Å². The largest absolute Gasteiger partial charge is 1.00 e. The van der Waals surface area contributed by atoms with Crippen LogP contribution in [0.3, 0.4) is 0 Å². The van der Waals surface area contributed by atoms with Gasteiger partial charge in [0, 0.05) is 5.75 Å². The Labute approximate surface area is 148 Å². The molecule has 0 rings (SSSR count). The van der Waals surface area contributed by atoms with E-state index in [2.05, 4.69) is 0 Å². The summed E-state index contributed by atoms with van der Waals surface area (Å²) < 4.78 is 61.6. The summed E-state index contributed by atoms with van der Waals surface area (Å²) in [5, 5.41) is 0. The topological polar surface area (TPSA) is 101 Å². The van der Waals surface area contributed by atoms with E-state index in [1.54, 1.807) is 0 Å². The SMILES string of the molecule is CC(C)[Si](OS(=O)(=O)CCCS(=O)(=O)[O-])(C(C)C)C(C)C.[Li+]. The maximum atomic E-state index is 12.2. The van der Waals surface area contributed by atoms with Gasteiger partial charge in [-0.05, 0) is 23.0 Å². The molecule has 10 heteroatoms. The zero-order valence-electron chi connectivity index (χ0n) is 14.6. The minimum absolute atomic E-state index is 0. The van der Waals surface area contributed by atoms with E-state index >= 15 is 0 Å². The van der Waals surface area contributed by atoms with Crippen LogP contribution in [0.25, 0.3) is 0 Å². The summed E-state index contributed by atoms with van der Waals surface area (Å²) in [6.45, 7) is 11.8. The maximum Gasteiger partial charge on any atom is 1.00 e. The molecule has 0 heterocycles. The summed E-state index contributed by atoms with van der Waals surface area (Å²) in [5.41, 5.74) is 0.321. The second-order valence-electron chi connectivity index (χ2n) is 6.28. The third-order valence-corrected chi connectivity index (χ3v) is 12.9. The summed E-state index contributed by atoms with van der Waals surface area (Å²) >= 11 is 0. The van der Waals surface area contributed by atoms with E-state index in [1.165, 1.54) is 0 Å². The molecule has 0 aromatic heterocycles. The molecule has 0 aliphatic rings. The van der Waals surface area contributed by atoms with E-state index in [1.807, 2.05) is 41.5 Å². The van der Waals surface area contributed by atoms with Crippen molar-refractivity contribution in [1.82, 2.24) is 0 Å². The summed E-state index contributed by atoms with van der Waals surface area (Å²) in [6.07, 6.45) is -0.229. The zero-order valence-corrected chi connectivity index (χ0v) is 17.3. The van der Waals surface area contributed by atoms with Crippen LogP contribution in [-0.2, 0) is 24.1 Å². The van der Waals surface area contributed by atoms with Gasteiger partial charge in [0.25, 0.3) is 10.1 Å². The second-order valence-corrected chi connectivity index (χ2v) is 15.2. The first-order valence-corrected chi connectivity index (χ1v) is 12.4. The molecular weight excluding hydrogens is 339 g/mol. The van der Waals surface area contributed by atoms with Crippen molar-refractivity contribution in [2.24, 2.45) is 0 Å². The van der Waals surface area contributed by atoms with Crippen LogP contribution in [0.2, 0.25) is 16.6 Å². The van der Waals surface area contributed by atoms with E-state index in [0.29, 0.717) is 0 Å². The van der Waals surface area contributed by atoms with Crippen LogP contribution in [0, 0.1) is 0 Å². The van der Waals surface area contributed by atoms with E-state index in [4.69, 9.17) is 3.87 Å². The standard InChI is InChI=1S/C12H28O6S2Si.Li/c1-10(2)21(11(3)4,12(5)6)18-20(16,17)9-7-8-19(13,14)15;/h10-12H,7-9H2,1-6H3,(H,13,14,15);/q;+1/p-1. The van der Waals surface area contributed by atoms with Gasteiger partial charge >= 0.3 is 18.9 Å². The molecule has 0 unspecified atom stereocenters. The molecule has 128 valence electrons. The Bertz CT molecular complexity index is 506. The quantitative estimate of drug-likeness (QED) is 0.401. The molecule has 0 bridgehead atoms. The summed E-state index contributed by atoms with van der Waals surface area (Å²) in [7, 11) is -10.8. The average molecular weight is 367 g/mol. The molecule has 0 N–H and O–H groups in total. The molecule has 0 fully saturated rings. The van der Waals surface area contributed by atoms with Crippen LogP contribution in [0.1, 0.15) is 48.0 Å².